The van der Waals surface area contributed by atoms with Crippen LogP contribution in [0, 0.1) is 0 Å². The Balaban J connectivity index is 2.20. The average Bonchev–Trinajstić information content (AvgIpc) is 2.33. The quantitative estimate of drug-likeness (QED) is 0.729. The Bertz CT molecular complexity index is 108. The van der Waals surface area contributed by atoms with Crippen LogP contribution in [0.5, 0.6) is 0 Å². The lowest BCUT2D eigenvalue weighted by Crippen LogP contribution is -2.36. The number of rotatable bonds is 3. The summed E-state index contributed by atoms with van der Waals surface area (Å²) >= 11 is 2.11. The molecule has 0 aromatic rings. The molecule has 1 N–H and O–H groups in total. The monoisotopic (exact) mass is 187 g/mol. The fourth-order valence-corrected chi connectivity index (χ4v) is 2.62. The van der Waals surface area contributed by atoms with Crippen molar-refractivity contribution in [3.63, 3.8) is 0 Å². The van der Waals surface area contributed by atoms with E-state index >= 15 is 0 Å². The third kappa shape index (κ3) is 3.81. The standard InChI is InChI=1S/C10H21NS/c1-3-9(2)11-10-5-4-7-12-8-6-10/h9-11H,3-8H2,1-2H3. The highest BCUT2D eigenvalue weighted by molar-refractivity contribution is 7.99. The van der Waals surface area contributed by atoms with Crippen LogP contribution in [0.25, 0.3) is 0 Å². The molecule has 0 amide bonds. The maximum absolute atomic E-state index is 3.70. The first-order chi connectivity index (χ1) is 5.83. The van der Waals surface area contributed by atoms with E-state index in [1.807, 2.05) is 0 Å². The molecule has 0 bridgehead atoms. The van der Waals surface area contributed by atoms with Gasteiger partial charge in [-0.3, -0.25) is 0 Å². The molecule has 1 saturated heterocycles. The first-order valence-electron chi connectivity index (χ1n) is 5.16. The Morgan fingerprint density at radius 2 is 2.25 bits per heavy atom. The Hall–Kier alpha value is 0.310. The van der Waals surface area contributed by atoms with E-state index in [2.05, 4.69) is 30.9 Å². The van der Waals surface area contributed by atoms with Gasteiger partial charge >= 0.3 is 0 Å². The van der Waals surface area contributed by atoms with Crippen molar-refractivity contribution in [1.29, 1.82) is 0 Å². The van der Waals surface area contributed by atoms with Crippen LogP contribution in [-0.2, 0) is 0 Å². The zero-order valence-corrected chi connectivity index (χ0v) is 9.12. The molecule has 12 heavy (non-hydrogen) atoms. The summed E-state index contributed by atoms with van der Waals surface area (Å²) in [6.07, 6.45) is 5.41. The molecule has 1 fully saturated rings. The van der Waals surface area contributed by atoms with Crippen LogP contribution in [0.15, 0.2) is 0 Å². The summed E-state index contributed by atoms with van der Waals surface area (Å²) in [7, 11) is 0. The van der Waals surface area contributed by atoms with Gasteiger partial charge in [-0.2, -0.15) is 11.8 Å². The van der Waals surface area contributed by atoms with Gasteiger partial charge in [0.15, 0.2) is 0 Å². The van der Waals surface area contributed by atoms with Crippen LogP contribution >= 0.6 is 11.8 Å². The molecule has 1 rings (SSSR count). The second-order valence-corrected chi connectivity index (χ2v) is 4.94. The zero-order valence-electron chi connectivity index (χ0n) is 8.31. The summed E-state index contributed by atoms with van der Waals surface area (Å²) in [5, 5.41) is 3.70. The second-order valence-electron chi connectivity index (χ2n) is 3.72. The minimum Gasteiger partial charge on any atom is -0.311 e. The molecule has 1 nitrogen and oxygen atoms in total. The lowest BCUT2D eigenvalue weighted by atomic mass is 10.1. The highest BCUT2D eigenvalue weighted by Crippen LogP contribution is 2.17. The third-order valence-electron chi connectivity index (χ3n) is 2.58. The molecule has 0 spiro atoms. The molecule has 2 heteroatoms. The van der Waals surface area contributed by atoms with Crippen LogP contribution in [0.1, 0.15) is 39.5 Å². The van der Waals surface area contributed by atoms with Crippen LogP contribution in [0.2, 0.25) is 0 Å². The van der Waals surface area contributed by atoms with Gasteiger partial charge in [0, 0.05) is 12.1 Å². The topological polar surface area (TPSA) is 12.0 Å². The molecule has 0 radical (unpaired) electrons. The maximum atomic E-state index is 3.70. The van der Waals surface area contributed by atoms with Crippen LogP contribution in [0.3, 0.4) is 0 Å². The summed E-state index contributed by atoms with van der Waals surface area (Å²) in [5.41, 5.74) is 0. The Labute approximate surface area is 80.7 Å². The highest BCUT2D eigenvalue weighted by Gasteiger charge is 2.13. The predicted molar refractivity (Wildman–Crippen MR) is 57.9 cm³/mol. The Morgan fingerprint density at radius 1 is 1.42 bits per heavy atom. The molecule has 72 valence electrons. The first kappa shape index (κ1) is 10.4. The summed E-state index contributed by atoms with van der Waals surface area (Å²) < 4.78 is 0. The van der Waals surface area contributed by atoms with Gasteiger partial charge in [0.05, 0.1) is 0 Å². The van der Waals surface area contributed by atoms with E-state index < -0.39 is 0 Å². The van der Waals surface area contributed by atoms with Gasteiger partial charge < -0.3 is 5.32 Å². The van der Waals surface area contributed by atoms with Gasteiger partial charge in [-0.1, -0.05) is 6.92 Å². The molecule has 1 aliphatic rings. The van der Waals surface area contributed by atoms with Crippen molar-refractivity contribution in [3.05, 3.63) is 0 Å². The summed E-state index contributed by atoms with van der Waals surface area (Å²) in [6.45, 7) is 4.54. The molecule has 0 aliphatic carbocycles. The van der Waals surface area contributed by atoms with Crippen molar-refractivity contribution >= 4 is 11.8 Å². The van der Waals surface area contributed by atoms with Crippen molar-refractivity contribution in [2.45, 2.75) is 51.6 Å². The van der Waals surface area contributed by atoms with Gasteiger partial charge in [0.25, 0.3) is 0 Å². The normalized spacial score (nSPS) is 28.0. The maximum Gasteiger partial charge on any atom is 0.00776 e. The van der Waals surface area contributed by atoms with Crippen molar-refractivity contribution in [3.8, 4) is 0 Å². The zero-order chi connectivity index (χ0) is 8.81. The summed E-state index contributed by atoms with van der Waals surface area (Å²) in [6, 6.07) is 1.51. The van der Waals surface area contributed by atoms with Gasteiger partial charge in [0.2, 0.25) is 0 Å². The van der Waals surface area contributed by atoms with Gasteiger partial charge in [-0.05, 0) is 44.1 Å². The average molecular weight is 187 g/mol. The molecule has 1 aliphatic heterocycles. The number of hydrogen-bond acceptors (Lipinski definition) is 2. The Kier molecular flexibility index (Phi) is 5.08. The van der Waals surface area contributed by atoms with E-state index in [0.717, 1.165) is 6.04 Å². The molecule has 1 heterocycles. The van der Waals surface area contributed by atoms with E-state index in [4.69, 9.17) is 0 Å². The van der Waals surface area contributed by atoms with E-state index in [9.17, 15) is 0 Å². The molecule has 2 atom stereocenters. The SMILES string of the molecule is CCC(C)NC1CCCSCC1. The lowest BCUT2D eigenvalue weighted by molar-refractivity contribution is 0.410. The van der Waals surface area contributed by atoms with Crippen molar-refractivity contribution in [2.75, 3.05) is 11.5 Å². The minimum atomic E-state index is 0.707. The molecular formula is C10H21NS. The Morgan fingerprint density at radius 3 is 3.00 bits per heavy atom. The molecule has 0 aromatic carbocycles. The smallest absolute Gasteiger partial charge is 0.00776 e. The van der Waals surface area contributed by atoms with Crippen molar-refractivity contribution in [2.24, 2.45) is 0 Å². The summed E-state index contributed by atoms with van der Waals surface area (Å²) in [5.74, 6) is 2.73. The number of nitrogens with one attached hydrogen (secondary N) is 1. The fraction of sp³-hybridized carbons (Fsp3) is 1.00. The van der Waals surface area contributed by atoms with Crippen molar-refractivity contribution < 1.29 is 0 Å². The van der Waals surface area contributed by atoms with E-state index in [0.29, 0.717) is 6.04 Å². The minimum absolute atomic E-state index is 0.707. The number of hydrogen-bond donors (Lipinski definition) is 1. The van der Waals surface area contributed by atoms with Crippen LogP contribution in [-0.4, -0.2) is 23.6 Å². The van der Waals surface area contributed by atoms with Crippen molar-refractivity contribution in [1.82, 2.24) is 5.32 Å². The molecule has 0 saturated carbocycles. The van der Waals surface area contributed by atoms with E-state index in [-0.39, 0.29) is 0 Å². The lowest BCUT2D eigenvalue weighted by Gasteiger charge is -2.20. The predicted octanol–water partition coefficient (Wildman–Crippen LogP) is 2.66. The largest absolute Gasteiger partial charge is 0.311 e. The summed E-state index contributed by atoms with van der Waals surface area (Å²) in [4.78, 5) is 0. The molecular weight excluding hydrogens is 166 g/mol. The van der Waals surface area contributed by atoms with Gasteiger partial charge in [-0.25, -0.2) is 0 Å². The van der Waals surface area contributed by atoms with Crippen LogP contribution in [0.4, 0.5) is 0 Å². The molecule has 0 aromatic heterocycles. The van der Waals surface area contributed by atoms with E-state index in [1.165, 1.54) is 37.2 Å². The van der Waals surface area contributed by atoms with E-state index in [1.54, 1.807) is 0 Å². The first-order valence-corrected chi connectivity index (χ1v) is 6.32. The van der Waals surface area contributed by atoms with Crippen LogP contribution < -0.4 is 5.32 Å². The molecule has 2 unspecified atom stereocenters. The fourth-order valence-electron chi connectivity index (χ4n) is 1.59. The van der Waals surface area contributed by atoms with Gasteiger partial charge in [-0.15, -0.1) is 0 Å². The third-order valence-corrected chi connectivity index (χ3v) is 3.69. The highest BCUT2D eigenvalue weighted by atomic mass is 32.2. The number of thioether (sulfide) groups is 1. The second kappa shape index (κ2) is 5.87. The van der Waals surface area contributed by atoms with Gasteiger partial charge in [0.1, 0.15) is 0 Å².